The second-order valence-electron chi connectivity index (χ2n) is 12.8. The van der Waals surface area contributed by atoms with Gasteiger partial charge in [0.1, 0.15) is 0 Å². The fourth-order valence-corrected chi connectivity index (χ4v) is 7.83. The van der Waals surface area contributed by atoms with E-state index in [1.165, 1.54) is 0 Å². The molecule has 0 aliphatic rings. The first-order chi connectivity index (χ1) is 43.0. The van der Waals surface area contributed by atoms with E-state index in [0.29, 0.717) is 9.80 Å². The van der Waals surface area contributed by atoms with Gasteiger partial charge in [-0.1, -0.05) is 121 Å². The normalized spacial score (nSPS) is 20.3. The Hall–Kier alpha value is -7.82. The van der Waals surface area contributed by atoms with E-state index in [9.17, 15) is 24.7 Å². The molecule has 0 atom stereocenters. The minimum absolute atomic E-state index is 0.478. The molecule has 0 aliphatic carbocycles. The molecule has 0 amide bonds. The van der Waals surface area contributed by atoms with Crippen LogP contribution in [0.5, 0.6) is 0 Å². The molecular weight excluding hydrogens is 705 g/mol. The predicted molar refractivity (Wildman–Crippen MR) is 245 cm³/mol. The topological polar surface area (TPSA) is 15.3 Å². The molecule has 0 radical (unpaired) electrons. The van der Waals surface area contributed by atoms with Crippen molar-refractivity contribution in [2.45, 2.75) is 0 Å². The largest absolute Gasteiger partial charge is 0.310 e. The Balaban J connectivity index is 1.33. The van der Waals surface area contributed by atoms with Crippen LogP contribution < -0.4 is 9.80 Å². The third-order valence-corrected chi connectivity index (χ3v) is 9.96. The molecule has 4 heterocycles. The maximum atomic E-state index is 10.5. The van der Waals surface area contributed by atoms with Gasteiger partial charge in [-0.05, 0) is 84.6 Å². The zero-order valence-electron chi connectivity index (χ0n) is 62.8. The maximum absolute atomic E-state index is 10.5. The lowest BCUT2D eigenvalue weighted by atomic mass is 10.0. The molecule has 4 heteroatoms. The van der Waals surface area contributed by atoms with E-state index in [1.807, 2.05) is 0 Å². The molecule has 0 unspecified atom stereocenters. The first-order valence-corrected chi connectivity index (χ1v) is 17.2. The van der Waals surface area contributed by atoms with Gasteiger partial charge in [0.2, 0.25) is 0 Å². The first kappa shape index (κ1) is 13.1. The lowest BCUT2D eigenvalue weighted by Crippen LogP contribution is -2.10. The van der Waals surface area contributed by atoms with Crippen molar-refractivity contribution in [1.29, 1.82) is 0 Å². The molecule has 13 rings (SSSR count). The summed E-state index contributed by atoms with van der Waals surface area (Å²) in [4.78, 5) is 1.06. The number of benzene rings is 9. The van der Waals surface area contributed by atoms with Crippen LogP contribution in [0.4, 0.5) is 34.1 Å². The van der Waals surface area contributed by atoms with Gasteiger partial charge in [-0.3, -0.25) is 0 Å². The molecule has 9 aromatic carbocycles. The van der Waals surface area contributed by atoms with Crippen molar-refractivity contribution < 1.29 is 46.6 Å². The second-order valence-corrected chi connectivity index (χ2v) is 12.8. The Kier molecular flexibility index (Phi) is 2.68. The molecule has 0 spiro atoms. The summed E-state index contributed by atoms with van der Waals surface area (Å²) in [7, 11) is 0. The average Bonchev–Trinajstić information content (AvgIpc) is 1.48. The zero-order valence-corrected chi connectivity index (χ0v) is 28.8. The molecule has 0 saturated heterocycles. The summed E-state index contributed by atoms with van der Waals surface area (Å²) in [5.41, 5.74) is -8.93. The highest BCUT2D eigenvalue weighted by molar-refractivity contribution is 6.32. The highest BCUT2D eigenvalue weighted by Crippen LogP contribution is 2.51. The molecule has 13 aromatic rings. The van der Waals surface area contributed by atoms with Crippen LogP contribution in [0, 0.1) is 0 Å². The maximum Gasteiger partial charge on any atom is 0.0653 e. The Morgan fingerprint density at radius 3 is 0.983 bits per heavy atom. The number of aromatic nitrogens is 2. The Bertz CT molecular complexity index is 5110. The number of fused-ring (bicyclic) bond motifs is 12. The van der Waals surface area contributed by atoms with Crippen molar-refractivity contribution in [3.63, 3.8) is 0 Å². The van der Waals surface area contributed by atoms with E-state index in [2.05, 4.69) is 0 Å². The quantitative estimate of drug-likeness (QED) is 0.167. The fraction of sp³-hybridized carbons (Fsp3) is 0. The van der Waals surface area contributed by atoms with E-state index >= 15 is 0 Å². The van der Waals surface area contributed by atoms with Gasteiger partial charge in [0.25, 0.3) is 0 Å². The summed E-state index contributed by atoms with van der Waals surface area (Å²) < 4.78 is 315. The summed E-state index contributed by atoms with van der Waals surface area (Å²) in [5.74, 6) is 0. The van der Waals surface area contributed by atoms with Crippen LogP contribution in [0.15, 0.2) is 205 Å². The molecule has 4 nitrogen and oxygen atoms in total. The molecule has 0 aliphatic heterocycles. The number of anilines is 6. The van der Waals surface area contributed by atoms with E-state index in [1.54, 1.807) is 0 Å². The number of hydrogen-bond donors (Lipinski definition) is 0. The van der Waals surface area contributed by atoms with Crippen LogP contribution in [0.2, 0.25) is 0 Å². The monoisotopic (exact) mass is 772 g/mol. The number of rotatable bonds is 6. The molecule has 58 heavy (non-hydrogen) atoms. The summed E-state index contributed by atoms with van der Waals surface area (Å²) in [6.45, 7) is 0. The summed E-state index contributed by atoms with van der Waals surface area (Å²) in [5, 5.41) is -4.54. The van der Waals surface area contributed by atoms with Gasteiger partial charge < -0.3 is 18.6 Å². The fourth-order valence-electron chi connectivity index (χ4n) is 7.83. The van der Waals surface area contributed by atoms with Crippen LogP contribution in [-0.4, -0.2) is 8.80 Å². The number of nitrogens with zero attached hydrogens (tertiary/aromatic N) is 4. The van der Waals surface area contributed by atoms with Crippen molar-refractivity contribution >= 4 is 110 Å². The lowest BCUT2D eigenvalue weighted by Gasteiger charge is -2.26. The van der Waals surface area contributed by atoms with Crippen LogP contribution in [0.1, 0.15) is 46.6 Å². The predicted octanol–water partition coefficient (Wildman–Crippen LogP) is 14.9. The Morgan fingerprint density at radius 1 is 0.293 bits per heavy atom. The minimum Gasteiger partial charge on any atom is -0.310 e. The second kappa shape index (κ2) is 11.8. The molecule has 0 bridgehead atoms. The highest BCUT2D eigenvalue weighted by Gasteiger charge is 2.27. The summed E-state index contributed by atoms with van der Waals surface area (Å²) >= 11 is 0. The molecular formula is C54H34N4. The van der Waals surface area contributed by atoms with Crippen molar-refractivity contribution in [3.8, 4) is 0 Å². The zero-order chi connectivity index (χ0) is 67.5. The average molecular weight is 773 g/mol. The van der Waals surface area contributed by atoms with Crippen molar-refractivity contribution in [1.82, 2.24) is 8.80 Å². The Morgan fingerprint density at radius 2 is 0.621 bits per heavy atom. The van der Waals surface area contributed by atoms with E-state index in [4.69, 9.17) is 21.9 Å². The van der Waals surface area contributed by atoms with Crippen LogP contribution in [-0.2, 0) is 0 Å². The van der Waals surface area contributed by atoms with Crippen molar-refractivity contribution in [2.75, 3.05) is 9.80 Å². The minimum atomic E-state index is -1.11. The van der Waals surface area contributed by atoms with Gasteiger partial charge in [0.05, 0.1) is 91.1 Å². The van der Waals surface area contributed by atoms with Gasteiger partial charge in [-0.25, -0.2) is 0 Å². The van der Waals surface area contributed by atoms with Crippen molar-refractivity contribution in [2.24, 2.45) is 0 Å². The van der Waals surface area contributed by atoms with Gasteiger partial charge in [-0.2, -0.15) is 0 Å². The van der Waals surface area contributed by atoms with E-state index in [0.717, 1.165) is 8.80 Å². The molecule has 0 N–H and O–H groups in total. The van der Waals surface area contributed by atoms with E-state index in [-0.39, 0.29) is 0 Å². The van der Waals surface area contributed by atoms with Crippen LogP contribution in [0.25, 0.3) is 76.2 Å². The third kappa shape index (κ3) is 4.18. The summed E-state index contributed by atoms with van der Waals surface area (Å²) in [6.07, 6.45) is 0. The standard InChI is InChI=1S/C54H34N4/c1-5-17-35(18-6-1)55(36-19-7-2-8-20-36)47-31-29-39-43-33-50-44(34-49(43)57-45-27-15-13-25-41(45)51(47)53(39)57)40-30-32-48(52-42-26-14-16-28-46(42)58(50)54(40)52)56(37-21-9-3-10-22-37)38-23-11-4-12-24-38/h1-34H/i1D,2D,3D,4D,5D,6D,7D,8D,9D,10D,11D,12D,13D,14D,15D,16D,17D,18D,19D,20D,21D,22D,23D,24D,25D,26D,27D,28D,29D,30D,31D,32D,33D,34D. The van der Waals surface area contributed by atoms with Crippen LogP contribution in [0.3, 0.4) is 0 Å². The first-order valence-electron chi connectivity index (χ1n) is 34.2. The third-order valence-electron chi connectivity index (χ3n) is 9.96. The SMILES string of the molecule is [2H]c1c([2H])c([2H])c(N(c2c([2H])c([2H])c([2H])c([2H])c2[2H])c2c([2H])c([2H])c3c4c([2H])c5c(c([2H])c4n4c6c([2H])c([2H])c([2H])c([2H])c6c2c34)c2c([2H])c([2H])c(N(c3c([2H])c([2H])c([2H])c([2H])c3[2H])c3c([2H])c([2H])c([2H])c([2H])c3[2H])c3c4c([2H])c([2H])c([2H])c([2H])c4n5c23)c([2H])c1[2H]. The lowest BCUT2D eigenvalue weighted by molar-refractivity contribution is 1.30. The summed E-state index contributed by atoms with van der Waals surface area (Å²) in [6, 6.07) is -34.3. The van der Waals surface area contributed by atoms with Crippen LogP contribution >= 0.6 is 0 Å². The van der Waals surface area contributed by atoms with Gasteiger partial charge in [-0.15, -0.1) is 0 Å². The van der Waals surface area contributed by atoms with Gasteiger partial charge in [0, 0.05) is 65.8 Å². The molecule has 4 aromatic heterocycles. The Labute approximate surface area is 381 Å². The molecule has 0 saturated carbocycles. The van der Waals surface area contributed by atoms with Gasteiger partial charge in [0.15, 0.2) is 0 Å². The number of hydrogen-bond acceptors (Lipinski definition) is 2. The van der Waals surface area contributed by atoms with Gasteiger partial charge >= 0.3 is 0 Å². The highest BCUT2D eigenvalue weighted by atomic mass is 15.2. The smallest absolute Gasteiger partial charge is 0.0653 e. The van der Waals surface area contributed by atoms with E-state index < -0.39 is 316 Å². The number of para-hydroxylation sites is 6. The van der Waals surface area contributed by atoms with Crippen molar-refractivity contribution in [3.05, 3.63) is 205 Å². The molecule has 270 valence electrons. The molecule has 0 fully saturated rings.